The third-order valence-electron chi connectivity index (χ3n) is 3.86. The van der Waals surface area contributed by atoms with Crippen molar-refractivity contribution in [2.24, 2.45) is 0 Å². The maximum Gasteiger partial charge on any atom is 0.113 e. The second-order valence-electron chi connectivity index (χ2n) is 6.81. The molecule has 3 unspecified atom stereocenters. The largest absolute Gasteiger partial charge is 0.383 e. The number of methoxy groups -OCH3 is 1. The van der Waals surface area contributed by atoms with Gasteiger partial charge in [0, 0.05) is 24.4 Å². The van der Waals surface area contributed by atoms with Gasteiger partial charge in [0.05, 0.1) is 30.6 Å². The van der Waals surface area contributed by atoms with Crippen LogP contribution in [0.15, 0.2) is 5.38 Å². The molecule has 4 nitrogen and oxygen atoms in total. The summed E-state index contributed by atoms with van der Waals surface area (Å²) in [5.41, 5.74) is 1.25. The summed E-state index contributed by atoms with van der Waals surface area (Å²) >= 11 is 1.74. The van der Waals surface area contributed by atoms with Gasteiger partial charge in [-0.1, -0.05) is 20.8 Å². The number of nitrogens with one attached hydrogen (secondary N) is 1. The molecule has 1 saturated heterocycles. The van der Waals surface area contributed by atoms with Gasteiger partial charge in [-0.3, -0.25) is 0 Å². The lowest BCUT2D eigenvalue weighted by Gasteiger charge is -2.23. The Hall–Kier alpha value is -0.490. The van der Waals surface area contributed by atoms with Crippen molar-refractivity contribution >= 4 is 11.3 Å². The van der Waals surface area contributed by atoms with E-state index in [1.165, 1.54) is 0 Å². The predicted octanol–water partition coefficient (Wildman–Crippen LogP) is 3.29. The molecule has 0 bridgehead atoms. The highest BCUT2D eigenvalue weighted by Crippen LogP contribution is 2.33. The highest BCUT2D eigenvalue weighted by molar-refractivity contribution is 7.09. The smallest absolute Gasteiger partial charge is 0.113 e. The second kappa shape index (κ2) is 7.18. The fourth-order valence-corrected chi connectivity index (χ4v) is 3.72. The van der Waals surface area contributed by atoms with Crippen molar-refractivity contribution in [3.63, 3.8) is 0 Å². The lowest BCUT2D eigenvalue weighted by atomic mass is 9.93. The fraction of sp³-hybridized carbons (Fsp3) is 0.812. The van der Waals surface area contributed by atoms with Crippen LogP contribution in [0.2, 0.25) is 0 Å². The standard InChI is InChI=1S/C16H28N2O2S/c1-11-6-7-12(20-11)14(17-8-9-19-5)15-18-13(10-21-15)16(2,3)4/h10-12,14,17H,6-9H2,1-5H3. The molecule has 1 N–H and O–H groups in total. The van der Waals surface area contributed by atoms with Crippen molar-refractivity contribution in [1.29, 1.82) is 0 Å². The molecule has 21 heavy (non-hydrogen) atoms. The Morgan fingerprint density at radius 1 is 1.48 bits per heavy atom. The lowest BCUT2D eigenvalue weighted by molar-refractivity contribution is 0.0299. The number of thiazole rings is 1. The topological polar surface area (TPSA) is 43.4 Å². The molecule has 0 amide bonds. The molecule has 3 atom stereocenters. The Bertz CT molecular complexity index is 442. The summed E-state index contributed by atoms with van der Waals surface area (Å²) in [7, 11) is 1.73. The van der Waals surface area contributed by atoms with E-state index in [4.69, 9.17) is 14.5 Å². The molecule has 5 heteroatoms. The minimum absolute atomic E-state index is 0.0929. The Balaban J connectivity index is 2.12. The Labute approximate surface area is 132 Å². The molecular formula is C16H28N2O2S. The van der Waals surface area contributed by atoms with E-state index < -0.39 is 0 Å². The van der Waals surface area contributed by atoms with Crippen molar-refractivity contribution in [3.8, 4) is 0 Å². The van der Waals surface area contributed by atoms with Crippen LogP contribution in [-0.2, 0) is 14.9 Å². The summed E-state index contributed by atoms with van der Waals surface area (Å²) < 4.78 is 11.2. The van der Waals surface area contributed by atoms with Crippen molar-refractivity contribution in [2.45, 2.75) is 64.2 Å². The third kappa shape index (κ3) is 4.49. The Morgan fingerprint density at radius 3 is 2.76 bits per heavy atom. The molecule has 0 spiro atoms. The van der Waals surface area contributed by atoms with Crippen molar-refractivity contribution in [1.82, 2.24) is 10.3 Å². The van der Waals surface area contributed by atoms with E-state index in [-0.39, 0.29) is 17.6 Å². The average Bonchev–Trinajstić information content (AvgIpc) is 3.03. The van der Waals surface area contributed by atoms with Gasteiger partial charge < -0.3 is 14.8 Å². The monoisotopic (exact) mass is 312 g/mol. The highest BCUT2D eigenvalue weighted by atomic mass is 32.1. The molecule has 1 aromatic rings. The third-order valence-corrected chi connectivity index (χ3v) is 4.79. The Kier molecular flexibility index (Phi) is 5.77. The zero-order valence-electron chi connectivity index (χ0n) is 13.8. The summed E-state index contributed by atoms with van der Waals surface area (Å²) in [4.78, 5) is 4.87. The number of hydrogen-bond donors (Lipinski definition) is 1. The van der Waals surface area contributed by atoms with Gasteiger partial charge in [0.15, 0.2) is 0 Å². The molecule has 1 aromatic heterocycles. The zero-order valence-corrected chi connectivity index (χ0v) is 14.6. The van der Waals surface area contributed by atoms with Crippen LogP contribution in [0.25, 0.3) is 0 Å². The number of rotatable bonds is 6. The maximum atomic E-state index is 6.07. The minimum atomic E-state index is 0.0929. The molecule has 1 aliphatic heterocycles. The first-order valence-electron chi connectivity index (χ1n) is 7.75. The van der Waals surface area contributed by atoms with Crippen LogP contribution in [0.4, 0.5) is 0 Å². The van der Waals surface area contributed by atoms with E-state index in [2.05, 4.69) is 38.4 Å². The summed E-state index contributed by atoms with van der Waals surface area (Å²) in [5, 5.41) is 6.88. The summed E-state index contributed by atoms with van der Waals surface area (Å²) in [6.45, 7) is 10.3. The Morgan fingerprint density at radius 2 is 2.24 bits per heavy atom. The van der Waals surface area contributed by atoms with Gasteiger partial charge in [0.25, 0.3) is 0 Å². The maximum absolute atomic E-state index is 6.07. The van der Waals surface area contributed by atoms with Crippen LogP contribution in [0.1, 0.15) is 57.3 Å². The van der Waals surface area contributed by atoms with Gasteiger partial charge in [-0.15, -0.1) is 11.3 Å². The predicted molar refractivity (Wildman–Crippen MR) is 87.0 cm³/mol. The van der Waals surface area contributed by atoms with Crippen LogP contribution in [0.3, 0.4) is 0 Å². The van der Waals surface area contributed by atoms with Gasteiger partial charge in [0.1, 0.15) is 5.01 Å². The van der Waals surface area contributed by atoms with Crippen LogP contribution in [-0.4, -0.2) is 37.5 Å². The molecule has 0 aromatic carbocycles. The number of ether oxygens (including phenoxy) is 2. The van der Waals surface area contributed by atoms with Gasteiger partial charge in [0.2, 0.25) is 0 Å². The lowest BCUT2D eigenvalue weighted by Crippen LogP contribution is -2.34. The first-order valence-corrected chi connectivity index (χ1v) is 8.63. The van der Waals surface area contributed by atoms with E-state index in [9.17, 15) is 0 Å². The molecule has 0 radical (unpaired) electrons. The summed E-state index contributed by atoms with van der Waals surface area (Å²) in [5.74, 6) is 0. The van der Waals surface area contributed by atoms with E-state index in [0.717, 1.165) is 30.1 Å². The SMILES string of the molecule is COCCNC(c1nc(C(C)(C)C)cs1)C1CCC(C)O1. The van der Waals surface area contributed by atoms with E-state index >= 15 is 0 Å². The molecule has 2 heterocycles. The minimum Gasteiger partial charge on any atom is -0.383 e. The number of nitrogens with zero attached hydrogens (tertiary/aromatic N) is 1. The van der Waals surface area contributed by atoms with Crippen molar-refractivity contribution in [3.05, 3.63) is 16.1 Å². The molecule has 0 saturated carbocycles. The molecular weight excluding hydrogens is 284 g/mol. The summed E-state index contributed by atoms with van der Waals surface area (Å²) in [6.07, 6.45) is 2.79. The van der Waals surface area contributed by atoms with Crippen molar-refractivity contribution < 1.29 is 9.47 Å². The summed E-state index contributed by atoms with van der Waals surface area (Å²) in [6, 6.07) is 0.172. The number of aromatic nitrogens is 1. The fourth-order valence-electron chi connectivity index (χ4n) is 2.55. The number of hydrogen-bond acceptors (Lipinski definition) is 5. The molecule has 120 valence electrons. The van der Waals surface area contributed by atoms with Gasteiger partial charge in [-0.25, -0.2) is 4.98 Å². The highest BCUT2D eigenvalue weighted by Gasteiger charge is 2.33. The van der Waals surface area contributed by atoms with E-state index in [1.54, 1.807) is 18.4 Å². The molecule has 0 aliphatic carbocycles. The quantitative estimate of drug-likeness (QED) is 0.819. The average molecular weight is 312 g/mol. The molecule has 1 fully saturated rings. The van der Waals surface area contributed by atoms with Crippen LogP contribution < -0.4 is 5.32 Å². The first-order chi connectivity index (χ1) is 9.91. The second-order valence-corrected chi connectivity index (χ2v) is 7.70. The first kappa shape index (κ1) is 16.9. The van der Waals surface area contributed by atoms with Crippen LogP contribution in [0, 0.1) is 0 Å². The van der Waals surface area contributed by atoms with Gasteiger partial charge in [-0.05, 0) is 19.8 Å². The zero-order chi connectivity index (χ0) is 15.5. The van der Waals surface area contributed by atoms with Gasteiger partial charge >= 0.3 is 0 Å². The van der Waals surface area contributed by atoms with Crippen LogP contribution in [0.5, 0.6) is 0 Å². The normalized spacial score (nSPS) is 24.4. The van der Waals surface area contributed by atoms with E-state index in [1.807, 2.05) is 0 Å². The van der Waals surface area contributed by atoms with E-state index in [0.29, 0.717) is 12.7 Å². The molecule has 2 rings (SSSR count). The van der Waals surface area contributed by atoms with Crippen molar-refractivity contribution in [2.75, 3.05) is 20.3 Å². The van der Waals surface area contributed by atoms with Gasteiger partial charge in [-0.2, -0.15) is 0 Å². The molecule has 1 aliphatic rings. The van der Waals surface area contributed by atoms with Crippen LogP contribution >= 0.6 is 11.3 Å².